The molecule has 1 N–H and O–H groups in total. The summed E-state index contributed by atoms with van der Waals surface area (Å²) in [7, 11) is 1.58. The van der Waals surface area contributed by atoms with Crippen LogP contribution in [0.5, 0.6) is 0 Å². The van der Waals surface area contributed by atoms with Gasteiger partial charge in [0, 0.05) is 42.0 Å². The molecule has 1 aliphatic carbocycles. The summed E-state index contributed by atoms with van der Waals surface area (Å²) in [5.74, 6) is -1.29. The summed E-state index contributed by atoms with van der Waals surface area (Å²) >= 11 is 0. The number of carbonyl (C=O) groups is 1. The molecule has 0 bridgehead atoms. The summed E-state index contributed by atoms with van der Waals surface area (Å²) in [6.07, 6.45) is 3.19. The van der Waals surface area contributed by atoms with Crippen molar-refractivity contribution in [2.45, 2.75) is 19.5 Å². The first-order valence-corrected chi connectivity index (χ1v) is 8.42. The standard InChI is InChI=1S/C19H16F2N4O2/c1-9-13(7-22-8-15(9)21)11-3-10-6-23-17(5-16(10)25(2)19(11)27)24-18(26)12-4-14(12)20/h3,5-8,12,14H,4H2,1-2H3,(H,23,24,26)/t12-,14+/m1/s1. The first-order valence-electron chi connectivity index (χ1n) is 8.42. The largest absolute Gasteiger partial charge is 0.311 e. The number of pyridine rings is 3. The third-order valence-electron chi connectivity index (χ3n) is 4.85. The van der Waals surface area contributed by atoms with Crippen LogP contribution in [0.1, 0.15) is 12.0 Å². The zero-order valence-corrected chi connectivity index (χ0v) is 14.7. The van der Waals surface area contributed by atoms with Crippen LogP contribution < -0.4 is 10.9 Å². The van der Waals surface area contributed by atoms with Crippen LogP contribution in [0.2, 0.25) is 0 Å². The topological polar surface area (TPSA) is 76.9 Å². The molecule has 1 amide bonds. The van der Waals surface area contributed by atoms with Crippen molar-refractivity contribution < 1.29 is 13.6 Å². The molecule has 2 atom stereocenters. The molecule has 1 fully saturated rings. The molecule has 138 valence electrons. The third-order valence-corrected chi connectivity index (χ3v) is 4.85. The van der Waals surface area contributed by atoms with Crippen molar-refractivity contribution >= 4 is 22.6 Å². The predicted octanol–water partition coefficient (Wildman–Crippen LogP) is 2.74. The Morgan fingerprint density at radius 1 is 1.26 bits per heavy atom. The van der Waals surface area contributed by atoms with Gasteiger partial charge in [-0.15, -0.1) is 0 Å². The second-order valence-electron chi connectivity index (χ2n) is 6.69. The van der Waals surface area contributed by atoms with Gasteiger partial charge in [-0.1, -0.05) is 0 Å². The summed E-state index contributed by atoms with van der Waals surface area (Å²) in [6.45, 7) is 1.59. The van der Waals surface area contributed by atoms with Gasteiger partial charge in [0.05, 0.1) is 17.6 Å². The molecule has 0 unspecified atom stereocenters. The van der Waals surface area contributed by atoms with Gasteiger partial charge in [-0.3, -0.25) is 14.6 Å². The number of amides is 1. The number of aryl methyl sites for hydroxylation is 1. The summed E-state index contributed by atoms with van der Waals surface area (Å²) in [6, 6.07) is 3.18. The van der Waals surface area contributed by atoms with Crippen molar-refractivity contribution in [1.82, 2.24) is 14.5 Å². The van der Waals surface area contributed by atoms with Crippen LogP contribution in [0.15, 0.2) is 35.5 Å². The fourth-order valence-corrected chi connectivity index (χ4v) is 3.05. The summed E-state index contributed by atoms with van der Waals surface area (Å²) < 4.78 is 28.2. The number of hydrogen-bond acceptors (Lipinski definition) is 4. The van der Waals surface area contributed by atoms with Crippen LogP contribution in [-0.2, 0) is 11.8 Å². The number of rotatable bonds is 3. The molecule has 1 aliphatic rings. The lowest BCUT2D eigenvalue weighted by Crippen LogP contribution is -2.20. The molecule has 0 aliphatic heterocycles. The summed E-state index contributed by atoms with van der Waals surface area (Å²) in [5.41, 5.74) is 1.28. The van der Waals surface area contributed by atoms with Crippen LogP contribution in [0, 0.1) is 18.7 Å². The van der Waals surface area contributed by atoms with Crippen molar-refractivity contribution in [3.8, 4) is 11.1 Å². The van der Waals surface area contributed by atoms with Gasteiger partial charge in [0.15, 0.2) is 0 Å². The highest BCUT2D eigenvalue weighted by Gasteiger charge is 2.43. The fourth-order valence-electron chi connectivity index (χ4n) is 3.05. The Morgan fingerprint density at radius 3 is 2.70 bits per heavy atom. The molecule has 3 aromatic rings. The van der Waals surface area contributed by atoms with E-state index in [0.29, 0.717) is 27.6 Å². The molecule has 6 nitrogen and oxygen atoms in total. The minimum atomic E-state index is -1.10. The first-order chi connectivity index (χ1) is 12.9. The molecule has 0 spiro atoms. The van der Waals surface area contributed by atoms with E-state index >= 15 is 0 Å². The molecule has 0 aromatic carbocycles. The van der Waals surface area contributed by atoms with Crippen LogP contribution in [0.25, 0.3) is 22.0 Å². The van der Waals surface area contributed by atoms with Crippen LogP contribution in [0.4, 0.5) is 14.6 Å². The Balaban J connectivity index is 1.78. The molecule has 4 rings (SSSR count). The highest BCUT2D eigenvalue weighted by molar-refractivity contribution is 5.95. The normalized spacial score (nSPS) is 18.5. The van der Waals surface area contributed by atoms with Gasteiger partial charge >= 0.3 is 0 Å². The van der Waals surface area contributed by atoms with E-state index in [-0.39, 0.29) is 17.8 Å². The Kier molecular flexibility index (Phi) is 3.98. The molecule has 27 heavy (non-hydrogen) atoms. The van der Waals surface area contributed by atoms with Crippen molar-refractivity contribution in [2.75, 3.05) is 5.32 Å². The highest BCUT2D eigenvalue weighted by atomic mass is 19.1. The summed E-state index contributed by atoms with van der Waals surface area (Å²) in [5, 5.41) is 3.21. The van der Waals surface area contributed by atoms with Gasteiger partial charge in [0.1, 0.15) is 17.8 Å². The Labute approximate surface area is 152 Å². The van der Waals surface area contributed by atoms with Gasteiger partial charge in [-0.2, -0.15) is 0 Å². The maximum Gasteiger partial charge on any atom is 0.258 e. The molecular weight excluding hydrogens is 354 g/mol. The van der Waals surface area contributed by atoms with Crippen molar-refractivity contribution in [3.05, 3.63) is 52.5 Å². The lowest BCUT2D eigenvalue weighted by molar-refractivity contribution is -0.117. The lowest BCUT2D eigenvalue weighted by Gasteiger charge is -2.12. The average molecular weight is 370 g/mol. The van der Waals surface area contributed by atoms with E-state index in [4.69, 9.17) is 0 Å². The van der Waals surface area contributed by atoms with E-state index in [1.807, 2.05) is 0 Å². The number of nitrogens with one attached hydrogen (secondary N) is 1. The number of alkyl halides is 1. The molecule has 0 radical (unpaired) electrons. The Bertz CT molecular complexity index is 1140. The number of anilines is 1. The summed E-state index contributed by atoms with van der Waals surface area (Å²) in [4.78, 5) is 32.7. The van der Waals surface area contributed by atoms with E-state index in [9.17, 15) is 18.4 Å². The maximum atomic E-state index is 13.8. The second kappa shape index (κ2) is 6.22. The molecular formula is C19H16F2N4O2. The van der Waals surface area contributed by atoms with Crippen molar-refractivity contribution in [1.29, 1.82) is 0 Å². The maximum absolute atomic E-state index is 13.8. The number of aromatic nitrogens is 3. The second-order valence-corrected chi connectivity index (χ2v) is 6.69. The van der Waals surface area contributed by atoms with E-state index in [1.54, 1.807) is 26.1 Å². The van der Waals surface area contributed by atoms with Crippen molar-refractivity contribution in [3.63, 3.8) is 0 Å². The number of carbonyl (C=O) groups excluding carboxylic acids is 1. The number of halogens is 2. The molecule has 3 aromatic heterocycles. The first kappa shape index (κ1) is 17.3. The van der Waals surface area contributed by atoms with E-state index in [2.05, 4.69) is 15.3 Å². The highest BCUT2D eigenvalue weighted by Crippen LogP contribution is 2.34. The Hall–Kier alpha value is -3.16. The number of hydrogen-bond donors (Lipinski definition) is 1. The van der Waals surface area contributed by atoms with Gasteiger partial charge in [-0.05, 0) is 25.0 Å². The zero-order valence-electron chi connectivity index (χ0n) is 14.7. The minimum absolute atomic E-state index is 0.224. The van der Waals surface area contributed by atoms with E-state index in [1.165, 1.54) is 17.0 Å². The lowest BCUT2D eigenvalue weighted by atomic mass is 10.0. The minimum Gasteiger partial charge on any atom is -0.311 e. The van der Waals surface area contributed by atoms with Crippen LogP contribution >= 0.6 is 0 Å². The van der Waals surface area contributed by atoms with Gasteiger partial charge in [0.2, 0.25) is 5.91 Å². The molecule has 1 saturated carbocycles. The fraction of sp³-hybridized carbons (Fsp3) is 0.263. The smallest absolute Gasteiger partial charge is 0.258 e. The van der Waals surface area contributed by atoms with Gasteiger partial charge < -0.3 is 9.88 Å². The SMILES string of the molecule is Cc1c(F)cncc1-c1cc2cnc(NC(=O)[C@@H]3C[C@@H]3F)cc2n(C)c1=O. The molecule has 3 heterocycles. The van der Waals surface area contributed by atoms with Gasteiger partial charge in [0.25, 0.3) is 5.56 Å². The molecule has 0 saturated heterocycles. The van der Waals surface area contributed by atoms with Crippen molar-refractivity contribution in [2.24, 2.45) is 13.0 Å². The number of nitrogens with zero attached hydrogens (tertiary/aromatic N) is 3. The zero-order chi connectivity index (χ0) is 19.3. The third kappa shape index (κ3) is 2.97. The van der Waals surface area contributed by atoms with E-state index in [0.717, 1.165) is 6.20 Å². The predicted molar refractivity (Wildman–Crippen MR) is 96.5 cm³/mol. The van der Waals surface area contributed by atoms with Crippen LogP contribution in [0.3, 0.4) is 0 Å². The average Bonchev–Trinajstić information content (AvgIpc) is 3.38. The Morgan fingerprint density at radius 2 is 2.00 bits per heavy atom. The van der Waals surface area contributed by atoms with Gasteiger partial charge in [-0.25, -0.2) is 13.8 Å². The molecule has 8 heteroatoms. The monoisotopic (exact) mass is 370 g/mol. The van der Waals surface area contributed by atoms with Crippen LogP contribution in [-0.4, -0.2) is 26.6 Å². The number of fused-ring (bicyclic) bond motifs is 1. The quantitative estimate of drug-likeness (QED) is 0.769. The van der Waals surface area contributed by atoms with E-state index < -0.39 is 23.8 Å².